The largest absolute Gasteiger partial charge is 0.273 e. The molecule has 3 aromatic rings. The molecular formula is C16H16N6O4S. The molecule has 0 spiro atoms. The maximum atomic E-state index is 12.8. The summed E-state index contributed by atoms with van der Waals surface area (Å²) in [7, 11) is -4.08. The number of hydrogen-bond acceptors (Lipinski definition) is 7. The van der Waals surface area contributed by atoms with Gasteiger partial charge in [-0.15, -0.1) is 0 Å². The molecule has 0 unspecified atom stereocenters. The molecule has 1 N–H and O–H groups in total. The van der Waals surface area contributed by atoms with Crippen LogP contribution in [0, 0.1) is 17.0 Å². The first kappa shape index (κ1) is 18.5. The van der Waals surface area contributed by atoms with Crippen molar-refractivity contribution in [1.29, 1.82) is 0 Å². The molecule has 0 aliphatic rings. The molecule has 0 radical (unpaired) electrons. The summed E-state index contributed by atoms with van der Waals surface area (Å²) in [5, 5.41) is 15.4. The van der Waals surface area contributed by atoms with Crippen LogP contribution >= 0.6 is 0 Å². The van der Waals surface area contributed by atoms with Crippen molar-refractivity contribution in [3.05, 3.63) is 64.1 Å². The summed E-state index contributed by atoms with van der Waals surface area (Å²) in [6.07, 6.45) is 3.43. The average molecular weight is 388 g/mol. The summed E-state index contributed by atoms with van der Waals surface area (Å²) in [6, 6.07) is 6.96. The van der Waals surface area contributed by atoms with Crippen LogP contribution in [0.4, 0.5) is 11.5 Å². The first-order valence-corrected chi connectivity index (χ1v) is 9.44. The van der Waals surface area contributed by atoms with Crippen LogP contribution in [0.15, 0.2) is 47.6 Å². The number of sulfonamides is 1. The van der Waals surface area contributed by atoms with E-state index in [0.29, 0.717) is 17.7 Å². The number of aryl methyl sites for hydroxylation is 2. The number of benzene rings is 1. The van der Waals surface area contributed by atoms with Crippen molar-refractivity contribution in [2.45, 2.75) is 25.2 Å². The standard InChI is InChI=1S/C16H16N6O4S/c1-3-12-5-6-13(10-14(12)22(23)24)27(25,26)20-15-9-11(2)19-21(15)16-17-7-4-8-18-16/h4-10,20H,3H2,1-2H3. The minimum atomic E-state index is -4.08. The monoisotopic (exact) mass is 388 g/mol. The Labute approximate surface area is 155 Å². The lowest BCUT2D eigenvalue weighted by atomic mass is 10.1. The van der Waals surface area contributed by atoms with Gasteiger partial charge in [0.25, 0.3) is 21.7 Å². The predicted octanol–water partition coefficient (Wildman–Crippen LogP) is 2.24. The van der Waals surface area contributed by atoms with Crippen molar-refractivity contribution >= 4 is 21.5 Å². The quantitative estimate of drug-likeness (QED) is 0.505. The van der Waals surface area contributed by atoms with Gasteiger partial charge in [-0.3, -0.25) is 14.8 Å². The van der Waals surface area contributed by atoms with E-state index in [9.17, 15) is 18.5 Å². The minimum absolute atomic E-state index is 0.126. The van der Waals surface area contributed by atoms with Gasteiger partial charge >= 0.3 is 0 Å². The fourth-order valence-corrected chi connectivity index (χ4v) is 3.55. The molecule has 3 rings (SSSR count). The van der Waals surface area contributed by atoms with Crippen LogP contribution in [0.25, 0.3) is 5.95 Å². The fourth-order valence-electron chi connectivity index (χ4n) is 2.50. The van der Waals surface area contributed by atoms with E-state index in [1.807, 2.05) is 0 Å². The minimum Gasteiger partial charge on any atom is -0.263 e. The Morgan fingerprint density at radius 2 is 1.93 bits per heavy atom. The second kappa shape index (κ2) is 7.11. The van der Waals surface area contributed by atoms with Crippen LogP contribution in [-0.4, -0.2) is 33.1 Å². The maximum absolute atomic E-state index is 12.8. The van der Waals surface area contributed by atoms with Crippen molar-refractivity contribution in [2.75, 3.05) is 4.72 Å². The third-order valence-corrected chi connectivity index (χ3v) is 5.11. The Balaban J connectivity index is 2.01. The third kappa shape index (κ3) is 3.77. The number of hydrogen-bond donors (Lipinski definition) is 1. The van der Waals surface area contributed by atoms with Gasteiger partial charge in [-0.25, -0.2) is 18.4 Å². The van der Waals surface area contributed by atoms with Gasteiger partial charge in [0.2, 0.25) is 0 Å². The van der Waals surface area contributed by atoms with Gasteiger partial charge in [-0.05, 0) is 25.5 Å². The molecule has 2 heterocycles. The molecule has 0 saturated heterocycles. The van der Waals surface area contributed by atoms with E-state index in [4.69, 9.17) is 0 Å². The van der Waals surface area contributed by atoms with Gasteiger partial charge in [0.1, 0.15) is 5.82 Å². The molecule has 2 aromatic heterocycles. The zero-order chi connectivity index (χ0) is 19.6. The Morgan fingerprint density at radius 1 is 1.22 bits per heavy atom. The smallest absolute Gasteiger partial charge is 0.263 e. The number of nitrogens with zero attached hydrogens (tertiary/aromatic N) is 5. The van der Waals surface area contributed by atoms with E-state index in [2.05, 4.69) is 19.8 Å². The van der Waals surface area contributed by atoms with Crippen molar-refractivity contribution in [2.24, 2.45) is 0 Å². The SMILES string of the molecule is CCc1ccc(S(=O)(=O)Nc2cc(C)nn2-c2ncccn2)cc1[N+](=O)[O-]. The van der Waals surface area contributed by atoms with Crippen LogP contribution in [0.5, 0.6) is 0 Å². The van der Waals surface area contributed by atoms with E-state index in [1.54, 1.807) is 19.9 Å². The first-order valence-electron chi connectivity index (χ1n) is 7.96. The molecule has 0 fully saturated rings. The lowest BCUT2D eigenvalue weighted by Crippen LogP contribution is -2.17. The lowest BCUT2D eigenvalue weighted by molar-refractivity contribution is -0.385. The highest BCUT2D eigenvalue weighted by Crippen LogP contribution is 2.25. The van der Waals surface area contributed by atoms with Crippen LogP contribution in [0.2, 0.25) is 0 Å². The summed E-state index contributed by atoms with van der Waals surface area (Å²) in [5.41, 5.74) is 0.765. The summed E-state index contributed by atoms with van der Waals surface area (Å²) < 4.78 is 29.2. The molecule has 0 aliphatic carbocycles. The number of nitro groups is 1. The summed E-state index contributed by atoms with van der Waals surface area (Å²) >= 11 is 0. The molecule has 140 valence electrons. The zero-order valence-corrected chi connectivity index (χ0v) is 15.3. The van der Waals surface area contributed by atoms with Gasteiger partial charge in [0.15, 0.2) is 0 Å². The number of rotatable bonds is 6. The van der Waals surface area contributed by atoms with Crippen molar-refractivity contribution < 1.29 is 13.3 Å². The van der Waals surface area contributed by atoms with Crippen molar-refractivity contribution in [3.63, 3.8) is 0 Å². The molecule has 27 heavy (non-hydrogen) atoms. The summed E-state index contributed by atoms with van der Waals surface area (Å²) in [5.74, 6) is 0.316. The van der Waals surface area contributed by atoms with Gasteiger partial charge in [-0.1, -0.05) is 13.0 Å². The predicted molar refractivity (Wildman–Crippen MR) is 97.2 cm³/mol. The topological polar surface area (TPSA) is 133 Å². The molecule has 11 heteroatoms. The van der Waals surface area contributed by atoms with Crippen molar-refractivity contribution in [3.8, 4) is 5.95 Å². The normalized spacial score (nSPS) is 11.3. The fraction of sp³-hybridized carbons (Fsp3) is 0.188. The van der Waals surface area contributed by atoms with Crippen LogP contribution in [0.3, 0.4) is 0 Å². The highest BCUT2D eigenvalue weighted by Gasteiger charge is 2.23. The summed E-state index contributed by atoms with van der Waals surface area (Å²) in [4.78, 5) is 18.5. The molecule has 0 bridgehead atoms. The third-order valence-electron chi connectivity index (χ3n) is 3.76. The number of anilines is 1. The molecular weight excluding hydrogens is 372 g/mol. The Bertz CT molecular complexity index is 1100. The Morgan fingerprint density at radius 3 is 2.56 bits per heavy atom. The number of aromatic nitrogens is 4. The van der Waals surface area contributed by atoms with Gasteiger partial charge in [-0.2, -0.15) is 9.78 Å². The molecule has 0 amide bonds. The average Bonchev–Trinajstić information content (AvgIpc) is 3.01. The van der Waals surface area contributed by atoms with Crippen molar-refractivity contribution in [1.82, 2.24) is 19.7 Å². The molecule has 0 atom stereocenters. The Hall–Kier alpha value is -3.34. The van der Waals surface area contributed by atoms with Gasteiger partial charge in [0, 0.05) is 30.1 Å². The maximum Gasteiger partial charge on any atom is 0.273 e. The van der Waals surface area contributed by atoms with Gasteiger partial charge in [0.05, 0.1) is 15.5 Å². The first-order chi connectivity index (χ1) is 12.8. The van der Waals surface area contributed by atoms with E-state index in [1.165, 1.54) is 35.3 Å². The van der Waals surface area contributed by atoms with E-state index in [0.717, 1.165) is 6.07 Å². The van der Waals surface area contributed by atoms with Crippen LogP contribution in [-0.2, 0) is 16.4 Å². The summed E-state index contributed by atoms with van der Waals surface area (Å²) in [6.45, 7) is 3.45. The van der Waals surface area contributed by atoms with E-state index in [-0.39, 0.29) is 22.3 Å². The van der Waals surface area contributed by atoms with E-state index < -0.39 is 14.9 Å². The van der Waals surface area contributed by atoms with Crippen LogP contribution < -0.4 is 4.72 Å². The van der Waals surface area contributed by atoms with Gasteiger partial charge < -0.3 is 0 Å². The number of nitro benzene ring substituents is 1. The highest BCUT2D eigenvalue weighted by molar-refractivity contribution is 7.92. The zero-order valence-electron chi connectivity index (χ0n) is 14.5. The highest BCUT2D eigenvalue weighted by atomic mass is 32.2. The number of nitrogens with one attached hydrogen (secondary N) is 1. The molecule has 0 aliphatic heterocycles. The molecule has 10 nitrogen and oxygen atoms in total. The lowest BCUT2D eigenvalue weighted by Gasteiger charge is -2.10. The van der Waals surface area contributed by atoms with Crippen LogP contribution in [0.1, 0.15) is 18.2 Å². The van der Waals surface area contributed by atoms with E-state index >= 15 is 0 Å². The molecule has 1 aromatic carbocycles. The second-order valence-corrected chi connectivity index (χ2v) is 7.32. The second-order valence-electron chi connectivity index (χ2n) is 5.64. The Kier molecular flexibility index (Phi) is 4.86. The molecule has 0 saturated carbocycles.